The van der Waals surface area contributed by atoms with Crippen molar-refractivity contribution in [2.24, 2.45) is 0 Å². The highest BCUT2D eigenvalue weighted by atomic mass is 32.2. The molecule has 3 aromatic rings. The fourth-order valence-electron chi connectivity index (χ4n) is 2.69. The fourth-order valence-corrected chi connectivity index (χ4v) is 3.80. The van der Waals surface area contributed by atoms with Crippen LogP contribution < -0.4 is 9.46 Å². The zero-order valence-corrected chi connectivity index (χ0v) is 15.4. The minimum atomic E-state index is -3.81. The number of alkyl halides is 2. The lowest BCUT2D eigenvalue weighted by molar-refractivity contribution is -0.0499. The number of aryl methyl sites for hydroxylation is 2. The number of ether oxygens (including phenoxy) is 1. The van der Waals surface area contributed by atoms with E-state index < -0.39 is 16.6 Å². The highest BCUT2D eigenvalue weighted by Crippen LogP contribution is 2.19. The lowest BCUT2D eigenvalue weighted by Gasteiger charge is -2.09. The zero-order chi connectivity index (χ0) is 19.4. The molecule has 0 aliphatic carbocycles. The molecular weight excluding hydrogens is 376 g/mol. The van der Waals surface area contributed by atoms with Crippen molar-refractivity contribution >= 4 is 20.9 Å². The summed E-state index contributed by atoms with van der Waals surface area (Å²) in [6.07, 6.45) is 2.30. The quantitative estimate of drug-likeness (QED) is 0.594. The van der Waals surface area contributed by atoms with Gasteiger partial charge in [-0.15, -0.1) is 0 Å². The highest BCUT2D eigenvalue weighted by molar-refractivity contribution is 7.89. The van der Waals surface area contributed by atoms with E-state index in [0.29, 0.717) is 13.0 Å². The van der Waals surface area contributed by atoms with Crippen LogP contribution in [0.4, 0.5) is 8.78 Å². The maximum atomic E-state index is 12.3. The molecule has 0 bridgehead atoms. The molecule has 0 saturated heterocycles. The van der Waals surface area contributed by atoms with Gasteiger partial charge in [0.2, 0.25) is 10.0 Å². The Hall–Kier alpha value is -2.52. The Balaban J connectivity index is 1.60. The Morgan fingerprint density at radius 2 is 2.04 bits per heavy atom. The number of nitrogens with one attached hydrogen (secondary N) is 1. The number of nitrogens with zero attached hydrogens (tertiary/aromatic N) is 2. The average Bonchev–Trinajstić information content (AvgIpc) is 3.00. The molecule has 0 aliphatic heterocycles. The third-order valence-electron chi connectivity index (χ3n) is 3.98. The van der Waals surface area contributed by atoms with Crippen LogP contribution in [0.15, 0.2) is 53.6 Å². The molecule has 0 radical (unpaired) electrons. The second-order valence-corrected chi connectivity index (χ2v) is 7.80. The topological polar surface area (TPSA) is 73.2 Å². The molecule has 144 valence electrons. The third-order valence-corrected chi connectivity index (χ3v) is 5.44. The van der Waals surface area contributed by atoms with E-state index in [9.17, 15) is 17.2 Å². The summed E-state index contributed by atoms with van der Waals surface area (Å²) >= 11 is 0. The van der Waals surface area contributed by atoms with Gasteiger partial charge in [0.25, 0.3) is 0 Å². The first-order valence-corrected chi connectivity index (χ1v) is 9.80. The normalized spacial score (nSPS) is 12.0. The zero-order valence-electron chi connectivity index (χ0n) is 14.6. The van der Waals surface area contributed by atoms with E-state index in [4.69, 9.17) is 0 Å². The first-order chi connectivity index (χ1) is 12.8. The molecule has 0 spiro atoms. The van der Waals surface area contributed by atoms with E-state index in [2.05, 4.69) is 14.6 Å². The van der Waals surface area contributed by atoms with Crippen LogP contribution in [0.1, 0.15) is 12.0 Å². The summed E-state index contributed by atoms with van der Waals surface area (Å²) < 4.78 is 57.7. The first kappa shape index (κ1) is 19.2. The van der Waals surface area contributed by atoms with Gasteiger partial charge in [-0.1, -0.05) is 18.2 Å². The van der Waals surface area contributed by atoms with Gasteiger partial charge >= 0.3 is 6.61 Å². The van der Waals surface area contributed by atoms with Gasteiger partial charge in [-0.05, 0) is 37.1 Å². The summed E-state index contributed by atoms with van der Waals surface area (Å²) in [4.78, 5) is -0.124. The predicted octanol–water partition coefficient (Wildman–Crippen LogP) is 3.31. The Bertz CT molecular complexity index is 1040. The summed E-state index contributed by atoms with van der Waals surface area (Å²) in [5.74, 6) is -0.203. The number of sulfonamides is 1. The number of aromatic nitrogens is 2. The predicted molar refractivity (Wildman–Crippen MR) is 97.3 cm³/mol. The molecule has 1 N–H and O–H groups in total. The minimum absolute atomic E-state index is 0.124. The molecule has 2 aromatic carbocycles. The molecule has 0 amide bonds. The average molecular weight is 395 g/mol. The molecular formula is C18H19F2N3O3S. The van der Waals surface area contributed by atoms with E-state index in [-0.39, 0.29) is 17.2 Å². The van der Waals surface area contributed by atoms with E-state index in [1.165, 1.54) is 18.2 Å². The van der Waals surface area contributed by atoms with Gasteiger partial charge in [-0.2, -0.15) is 13.9 Å². The molecule has 0 fully saturated rings. The van der Waals surface area contributed by atoms with E-state index in [1.54, 1.807) is 6.20 Å². The molecule has 0 atom stereocenters. The van der Waals surface area contributed by atoms with Crippen LogP contribution in [0, 0.1) is 6.92 Å². The van der Waals surface area contributed by atoms with Crippen molar-refractivity contribution < 1.29 is 21.9 Å². The number of halogens is 2. The summed E-state index contributed by atoms with van der Waals surface area (Å²) in [5, 5.41) is 5.34. The monoisotopic (exact) mass is 395 g/mol. The first-order valence-electron chi connectivity index (χ1n) is 8.32. The van der Waals surface area contributed by atoms with Gasteiger partial charge in [0.05, 0.1) is 16.6 Å². The van der Waals surface area contributed by atoms with Crippen LogP contribution in [0.2, 0.25) is 0 Å². The van der Waals surface area contributed by atoms with Crippen molar-refractivity contribution in [3.8, 4) is 5.75 Å². The second-order valence-electron chi connectivity index (χ2n) is 6.03. The standard InChI is InChI=1S/C18H19F2N3O3S/c1-13-6-7-14-12-21-23(17(14)10-13)9-3-8-22-27(24,25)16-5-2-4-15(11-16)26-18(19)20/h2,4-7,10-12,18,22H,3,8-9H2,1H3. The van der Waals surface area contributed by atoms with Gasteiger partial charge < -0.3 is 4.74 Å². The molecule has 0 saturated carbocycles. The summed E-state index contributed by atoms with van der Waals surface area (Å²) in [6.45, 7) is -0.278. The van der Waals surface area contributed by atoms with E-state index in [1.807, 2.05) is 29.8 Å². The Kier molecular flexibility index (Phi) is 5.71. The number of hydrogen-bond acceptors (Lipinski definition) is 4. The van der Waals surface area contributed by atoms with Crippen LogP contribution in [-0.4, -0.2) is 31.4 Å². The molecule has 3 rings (SSSR count). The van der Waals surface area contributed by atoms with Crippen molar-refractivity contribution in [1.82, 2.24) is 14.5 Å². The maximum Gasteiger partial charge on any atom is 0.387 e. The molecule has 27 heavy (non-hydrogen) atoms. The molecule has 1 heterocycles. The van der Waals surface area contributed by atoms with Crippen molar-refractivity contribution in [2.75, 3.05) is 6.54 Å². The van der Waals surface area contributed by atoms with Crippen LogP contribution >= 0.6 is 0 Å². The largest absolute Gasteiger partial charge is 0.435 e. The number of rotatable bonds is 8. The van der Waals surface area contributed by atoms with Gasteiger partial charge in [-0.3, -0.25) is 4.68 Å². The van der Waals surface area contributed by atoms with Gasteiger partial charge in [-0.25, -0.2) is 13.1 Å². The summed E-state index contributed by atoms with van der Waals surface area (Å²) in [7, 11) is -3.81. The Morgan fingerprint density at radius 3 is 2.81 bits per heavy atom. The van der Waals surface area contributed by atoms with Crippen LogP contribution in [0.5, 0.6) is 5.75 Å². The summed E-state index contributed by atoms with van der Waals surface area (Å²) in [6, 6.07) is 11.0. The number of benzene rings is 2. The van der Waals surface area contributed by atoms with Crippen LogP contribution in [0.3, 0.4) is 0 Å². The smallest absolute Gasteiger partial charge is 0.387 e. The molecule has 6 nitrogen and oxygen atoms in total. The molecule has 0 unspecified atom stereocenters. The SMILES string of the molecule is Cc1ccc2cnn(CCCNS(=O)(=O)c3cccc(OC(F)F)c3)c2c1. The van der Waals surface area contributed by atoms with Crippen molar-refractivity contribution in [2.45, 2.75) is 31.4 Å². The molecule has 1 aromatic heterocycles. The van der Waals surface area contributed by atoms with Gasteiger partial charge in [0.1, 0.15) is 5.75 Å². The van der Waals surface area contributed by atoms with Crippen LogP contribution in [0.25, 0.3) is 10.9 Å². The number of fused-ring (bicyclic) bond motifs is 1. The second kappa shape index (κ2) is 8.01. The molecule has 9 heteroatoms. The summed E-state index contributed by atoms with van der Waals surface area (Å²) in [5.41, 5.74) is 2.12. The minimum Gasteiger partial charge on any atom is -0.435 e. The molecule has 0 aliphatic rings. The van der Waals surface area contributed by atoms with E-state index >= 15 is 0 Å². The Labute approximate surface area is 155 Å². The third kappa shape index (κ3) is 4.81. The van der Waals surface area contributed by atoms with Crippen molar-refractivity contribution in [3.05, 3.63) is 54.2 Å². The fraction of sp³-hybridized carbons (Fsp3) is 0.278. The van der Waals surface area contributed by atoms with Gasteiger partial charge in [0.15, 0.2) is 0 Å². The lowest BCUT2D eigenvalue weighted by atomic mass is 10.2. The maximum absolute atomic E-state index is 12.3. The van der Waals surface area contributed by atoms with Crippen molar-refractivity contribution in [3.63, 3.8) is 0 Å². The number of hydrogen-bond donors (Lipinski definition) is 1. The Morgan fingerprint density at radius 1 is 1.22 bits per heavy atom. The van der Waals surface area contributed by atoms with Crippen LogP contribution in [-0.2, 0) is 16.6 Å². The lowest BCUT2D eigenvalue weighted by Crippen LogP contribution is -2.25. The van der Waals surface area contributed by atoms with Gasteiger partial charge in [0, 0.05) is 24.5 Å². The van der Waals surface area contributed by atoms with E-state index in [0.717, 1.165) is 22.5 Å². The van der Waals surface area contributed by atoms with Crippen molar-refractivity contribution in [1.29, 1.82) is 0 Å². The highest BCUT2D eigenvalue weighted by Gasteiger charge is 2.15.